The summed E-state index contributed by atoms with van der Waals surface area (Å²) in [5.41, 5.74) is 1.99. The summed E-state index contributed by atoms with van der Waals surface area (Å²) in [6.07, 6.45) is 3.09. The van der Waals surface area contributed by atoms with E-state index in [0.29, 0.717) is 22.6 Å². The molecule has 4 nitrogen and oxygen atoms in total. The van der Waals surface area contributed by atoms with Gasteiger partial charge in [0.25, 0.3) is 0 Å². The van der Waals surface area contributed by atoms with Crippen LogP contribution in [0.5, 0.6) is 11.5 Å². The number of ketones is 1. The Bertz CT molecular complexity index is 608. The molecule has 98 valence electrons. The number of benzene rings is 1. The summed E-state index contributed by atoms with van der Waals surface area (Å²) in [5, 5.41) is 0. The van der Waals surface area contributed by atoms with E-state index in [4.69, 9.17) is 9.47 Å². The minimum Gasteiger partial charge on any atom is -0.496 e. The second-order valence-corrected chi connectivity index (χ2v) is 4.11. The lowest BCUT2D eigenvalue weighted by Gasteiger charge is -2.10. The van der Waals surface area contributed by atoms with Gasteiger partial charge in [0.1, 0.15) is 11.5 Å². The lowest BCUT2D eigenvalue weighted by molar-refractivity contribution is 0.103. The van der Waals surface area contributed by atoms with Gasteiger partial charge in [-0.25, -0.2) is 0 Å². The molecule has 0 aliphatic carbocycles. The van der Waals surface area contributed by atoms with Crippen LogP contribution in [0.3, 0.4) is 0 Å². The number of aryl methyl sites for hydroxylation is 1. The number of nitrogens with zero attached hydrogens (tertiary/aromatic N) is 1. The number of carbonyl (C=O) groups is 1. The van der Waals surface area contributed by atoms with Crippen molar-refractivity contribution in [2.45, 2.75) is 6.92 Å². The van der Waals surface area contributed by atoms with Crippen LogP contribution in [0.25, 0.3) is 0 Å². The Kier molecular flexibility index (Phi) is 3.80. The van der Waals surface area contributed by atoms with Crippen molar-refractivity contribution in [2.75, 3.05) is 14.2 Å². The maximum Gasteiger partial charge on any atom is 0.200 e. The molecule has 0 fully saturated rings. The van der Waals surface area contributed by atoms with Gasteiger partial charge in [-0.3, -0.25) is 9.78 Å². The molecule has 0 radical (unpaired) electrons. The van der Waals surface area contributed by atoms with Gasteiger partial charge in [-0.2, -0.15) is 0 Å². The average Bonchev–Trinajstić information content (AvgIpc) is 2.46. The SMILES string of the molecule is COc1cnccc1C(=O)c1cc(C)ccc1OC. The molecule has 0 aliphatic rings. The van der Waals surface area contributed by atoms with Crippen molar-refractivity contribution < 1.29 is 14.3 Å². The van der Waals surface area contributed by atoms with Crippen LogP contribution in [0.1, 0.15) is 21.5 Å². The van der Waals surface area contributed by atoms with Crippen molar-refractivity contribution >= 4 is 5.78 Å². The largest absolute Gasteiger partial charge is 0.496 e. The van der Waals surface area contributed by atoms with Crippen LogP contribution in [-0.2, 0) is 0 Å². The molecule has 0 saturated heterocycles. The first-order valence-electron chi connectivity index (χ1n) is 5.84. The number of rotatable bonds is 4. The molecule has 2 rings (SSSR count). The first kappa shape index (κ1) is 13.1. The van der Waals surface area contributed by atoms with E-state index < -0.39 is 0 Å². The smallest absolute Gasteiger partial charge is 0.200 e. The number of methoxy groups -OCH3 is 2. The molecule has 0 saturated carbocycles. The molecular formula is C15H15NO3. The Hall–Kier alpha value is -2.36. The number of hydrogen-bond donors (Lipinski definition) is 0. The van der Waals surface area contributed by atoms with E-state index in [0.717, 1.165) is 5.56 Å². The molecule has 0 bridgehead atoms. The van der Waals surface area contributed by atoms with Gasteiger partial charge in [-0.15, -0.1) is 0 Å². The zero-order valence-corrected chi connectivity index (χ0v) is 11.1. The maximum atomic E-state index is 12.6. The predicted molar refractivity (Wildman–Crippen MR) is 72.0 cm³/mol. The van der Waals surface area contributed by atoms with Gasteiger partial charge in [0.15, 0.2) is 0 Å². The second-order valence-electron chi connectivity index (χ2n) is 4.11. The monoisotopic (exact) mass is 257 g/mol. The summed E-state index contributed by atoms with van der Waals surface area (Å²) < 4.78 is 10.4. The first-order chi connectivity index (χ1) is 9.17. The van der Waals surface area contributed by atoms with E-state index in [1.54, 1.807) is 31.5 Å². The second kappa shape index (κ2) is 5.52. The highest BCUT2D eigenvalue weighted by atomic mass is 16.5. The number of hydrogen-bond acceptors (Lipinski definition) is 4. The van der Waals surface area contributed by atoms with Gasteiger partial charge >= 0.3 is 0 Å². The predicted octanol–water partition coefficient (Wildman–Crippen LogP) is 2.64. The summed E-state index contributed by atoms with van der Waals surface area (Å²) in [6, 6.07) is 7.14. The first-order valence-corrected chi connectivity index (χ1v) is 5.84. The summed E-state index contributed by atoms with van der Waals surface area (Å²) in [4.78, 5) is 16.5. The van der Waals surface area contributed by atoms with Crippen LogP contribution < -0.4 is 9.47 Å². The van der Waals surface area contributed by atoms with E-state index in [1.807, 2.05) is 13.0 Å². The van der Waals surface area contributed by atoms with E-state index in [9.17, 15) is 4.79 Å². The summed E-state index contributed by atoms with van der Waals surface area (Å²) in [7, 11) is 3.06. The molecule has 0 N–H and O–H groups in total. The molecule has 1 aromatic heterocycles. The standard InChI is InChI=1S/C15H15NO3/c1-10-4-5-13(18-2)12(8-10)15(17)11-6-7-16-9-14(11)19-3/h4-9H,1-3H3. The van der Waals surface area contributed by atoms with E-state index in [-0.39, 0.29) is 5.78 Å². The number of aromatic nitrogens is 1. The third-order valence-electron chi connectivity index (χ3n) is 2.85. The quantitative estimate of drug-likeness (QED) is 0.790. The molecule has 0 amide bonds. The third-order valence-corrected chi connectivity index (χ3v) is 2.85. The fourth-order valence-electron chi connectivity index (χ4n) is 1.87. The van der Waals surface area contributed by atoms with Crippen molar-refractivity contribution in [1.82, 2.24) is 4.98 Å². The maximum absolute atomic E-state index is 12.6. The summed E-state index contributed by atoms with van der Waals surface area (Å²) in [5.74, 6) is 0.866. The topological polar surface area (TPSA) is 48.4 Å². The van der Waals surface area contributed by atoms with E-state index in [1.165, 1.54) is 13.3 Å². The molecule has 2 aromatic rings. The van der Waals surface area contributed by atoms with E-state index >= 15 is 0 Å². The van der Waals surface area contributed by atoms with E-state index in [2.05, 4.69) is 4.98 Å². The molecule has 0 aliphatic heterocycles. The Balaban J connectivity index is 2.52. The molecular weight excluding hydrogens is 242 g/mol. The highest BCUT2D eigenvalue weighted by molar-refractivity contribution is 6.12. The molecule has 4 heteroatoms. The Labute approximate surface area is 112 Å². The summed E-state index contributed by atoms with van der Waals surface area (Å²) in [6.45, 7) is 1.93. The Morgan fingerprint density at radius 1 is 1.05 bits per heavy atom. The summed E-state index contributed by atoms with van der Waals surface area (Å²) >= 11 is 0. The highest BCUT2D eigenvalue weighted by Gasteiger charge is 2.18. The number of pyridine rings is 1. The van der Waals surface area contributed by atoms with Gasteiger partial charge < -0.3 is 9.47 Å². The van der Waals surface area contributed by atoms with Gasteiger partial charge in [0.05, 0.1) is 31.5 Å². The van der Waals surface area contributed by atoms with Crippen LogP contribution in [0.15, 0.2) is 36.7 Å². The lowest BCUT2D eigenvalue weighted by atomic mass is 10.0. The molecule has 1 heterocycles. The fourth-order valence-corrected chi connectivity index (χ4v) is 1.87. The highest BCUT2D eigenvalue weighted by Crippen LogP contribution is 2.26. The number of ether oxygens (including phenoxy) is 2. The van der Waals surface area contributed by atoms with Crippen molar-refractivity contribution in [3.05, 3.63) is 53.3 Å². The molecule has 0 atom stereocenters. The lowest BCUT2D eigenvalue weighted by Crippen LogP contribution is -2.06. The third kappa shape index (κ3) is 2.57. The van der Waals surface area contributed by atoms with Crippen molar-refractivity contribution in [3.63, 3.8) is 0 Å². The van der Waals surface area contributed by atoms with Gasteiger partial charge in [0, 0.05) is 6.20 Å². The van der Waals surface area contributed by atoms with Gasteiger partial charge in [-0.1, -0.05) is 11.6 Å². The Morgan fingerprint density at radius 2 is 1.79 bits per heavy atom. The van der Waals surface area contributed by atoms with Crippen molar-refractivity contribution in [1.29, 1.82) is 0 Å². The minimum atomic E-state index is -0.139. The molecule has 1 aromatic carbocycles. The van der Waals surface area contributed by atoms with Crippen molar-refractivity contribution in [2.24, 2.45) is 0 Å². The molecule has 19 heavy (non-hydrogen) atoms. The average molecular weight is 257 g/mol. The fraction of sp³-hybridized carbons (Fsp3) is 0.200. The van der Waals surface area contributed by atoms with Crippen LogP contribution in [0, 0.1) is 6.92 Å². The minimum absolute atomic E-state index is 0.139. The Morgan fingerprint density at radius 3 is 2.47 bits per heavy atom. The zero-order chi connectivity index (χ0) is 13.8. The number of carbonyl (C=O) groups excluding carboxylic acids is 1. The zero-order valence-electron chi connectivity index (χ0n) is 11.1. The molecule has 0 spiro atoms. The normalized spacial score (nSPS) is 10.1. The van der Waals surface area contributed by atoms with Crippen LogP contribution >= 0.6 is 0 Å². The van der Waals surface area contributed by atoms with Crippen LogP contribution in [0.2, 0.25) is 0 Å². The van der Waals surface area contributed by atoms with Gasteiger partial charge in [-0.05, 0) is 25.1 Å². The van der Waals surface area contributed by atoms with Crippen molar-refractivity contribution in [3.8, 4) is 11.5 Å². The molecule has 0 unspecified atom stereocenters. The van der Waals surface area contributed by atoms with Crippen LogP contribution in [-0.4, -0.2) is 25.0 Å². The van der Waals surface area contributed by atoms with Crippen LogP contribution in [0.4, 0.5) is 0 Å². The van der Waals surface area contributed by atoms with Gasteiger partial charge in [0.2, 0.25) is 5.78 Å².